The van der Waals surface area contributed by atoms with Gasteiger partial charge in [-0.3, -0.25) is 0 Å². The van der Waals surface area contributed by atoms with Crippen molar-refractivity contribution in [2.75, 3.05) is 19.7 Å². The molecule has 1 heterocycles. The van der Waals surface area contributed by atoms with Crippen LogP contribution in [0.1, 0.15) is 12.5 Å². The van der Waals surface area contributed by atoms with Crippen molar-refractivity contribution in [3.8, 4) is 0 Å². The molecule has 5 nitrogen and oxygen atoms in total. The lowest BCUT2D eigenvalue weighted by Gasteiger charge is -2.17. The molecule has 118 valence electrons. The molecule has 1 saturated heterocycles. The largest absolute Gasteiger partial charge is 0.465 e. The summed E-state index contributed by atoms with van der Waals surface area (Å²) in [7, 11) is 0. The third kappa shape index (κ3) is 2.75. The highest BCUT2D eigenvalue weighted by Gasteiger charge is 2.59. The minimum atomic E-state index is -0.858. The Morgan fingerprint density at radius 1 is 1.36 bits per heavy atom. The zero-order valence-electron chi connectivity index (χ0n) is 12.0. The normalized spacial score (nSPS) is 26.8. The Kier molecular flexibility index (Phi) is 4.19. The third-order valence-electron chi connectivity index (χ3n) is 4.29. The highest BCUT2D eigenvalue weighted by molar-refractivity contribution is 6.42. The lowest BCUT2D eigenvalue weighted by Crippen LogP contribution is -2.31. The van der Waals surface area contributed by atoms with Crippen LogP contribution in [0.25, 0.3) is 0 Å². The maximum absolute atomic E-state index is 11.0. The molecule has 2 fully saturated rings. The van der Waals surface area contributed by atoms with Crippen molar-refractivity contribution in [3.05, 3.63) is 33.8 Å². The Labute approximate surface area is 138 Å². The van der Waals surface area contributed by atoms with Crippen molar-refractivity contribution < 1.29 is 14.7 Å². The number of halogens is 2. The molecule has 1 N–H and O–H groups in total. The molecule has 3 rings (SSSR count). The van der Waals surface area contributed by atoms with Crippen molar-refractivity contribution in [1.82, 2.24) is 4.90 Å². The van der Waals surface area contributed by atoms with E-state index in [0.29, 0.717) is 41.6 Å². The van der Waals surface area contributed by atoms with Gasteiger partial charge in [0.25, 0.3) is 0 Å². The number of hydrogen-bond donors (Lipinski definition) is 1. The van der Waals surface area contributed by atoms with Gasteiger partial charge < -0.3 is 14.8 Å². The van der Waals surface area contributed by atoms with Crippen LogP contribution in [0.15, 0.2) is 23.4 Å². The number of amides is 1. The standard InChI is InChI=1S/C15H16Cl2N2O3/c1-2-22-18-14(8-3-4-11(16)12(17)5-8)13-9-6-19(15(20)21)7-10(9)13/h3-5,9-10,13H,2,6-7H2,1H3,(H,20,21). The summed E-state index contributed by atoms with van der Waals surface area (Å²) in [5.74, 6) is 0.842. The first kappa shape index (κ1) is 15.4. The minimum Gasteiger partial charge on any atom is -0.465 e. The summed E-state index contributed by atoms with van der Waals surface area (Å²) < 4.78 is 0. The number of hydrogen-bond acceptors (Lipinski definition) is 3. The first-order valence-electron chi connectivity index (χ1n) is 7.16. The Balaban J connectivity index is 1.81. The maximum atomic E-state index is 11.0. The molecule has 1 aliphatic carbocycles. The topological polar surface area (TPSA) is 62.1 Å². The highest BCUT2D eigenvalue weighted by Crippen LogP contribution is 2.53. The van der Waals surface area contributed by atoms with E-state index in [1.165, 1.54) is 4.90 Å². The first-order chi connectivity index (χ1) is 10.5. The number of fused-ring (bicyclic) bond motifs is 1. The molecule has 0 aromatic heterocycles. The smallest absolute Gasteiger partial charge is 0.407 e. The number of benzene rings is 1. The van der Waals surface area contributed by atoms with Gasteiger partial charge in [-0.25, -0.2) is 4.79 Å². The van der Waals surface area contributed by atoms with Gasteiger partial charge in [0.2, 0.25) is 0 Å². The quantitative estimate of drug-likeness (QED) is 0.671. The summed E-state index contributed by atoms with van der Waals surface area (Å²) in [5.41, 5.74) is 1.71. The van der Waals surface area contributed by atoms with Crippen LogP contribution in [0.3, 0.4) is 0 Å². The number of piperidine rings is 1. The van der Waals surface area contributed by atoms with Gasteiger partial charge in [-0.15, -0.1) is 0 Å². The lowest BCUT2D eigenvalue weighted by molar-refractivity contribution is 0.148. The molecule has 2 unspecified atom stereocenters. The summed E-state index contributed by atoms with van der Waals surface area (Å²) in [5, 5.41) is 14.3. The molecule has 1 aliphatic heterocycles. The Hall–Kier alpha value is -1.46. The summed E-state index contributed by atoms with van der Waals surface area (Å²) in [6, 6.07) is 5.39. The summed E-state index contributed by atoms with van der Waals surface area (Å²) in [6.45, 7) is 3.46. The van der Waals surface area contributed by atoms with Crippen LogP contribution in [-0.4, -0.2) is 41.5 Å². The first-order valence-corrected chi connectivity index (χ1v) is 7.91. The number of oxime groups is 1. The van der Waals surface area contributed by atoms with Gasteiger partial charge in [0.15, 0.2) is 0 Å². The Morgan fingerprint density at radius 2 is 2.05 bits per heavy atom. The second kappa shape index (κ2) is 5.97. The van der Waals surface area contributed by atoms with Crippen LogP contribution in [-0.2, 0) is 4.84 Å². The molecule has 0 spiro atoms. The number of nitrogens with zero attached hydrogens (tertiary/aromatic N) is 2. The van der Waals surface area contributed by atoms with Crippen LogP contribution < -0.4 is 0 Å². The summed E-state index contributed by atoms with van der Waals surface area (Å²) >= 11 is 12.0. The summed E-state index contributed by atoms with van der Waals surface area (Å²) in [6.07, 6.45) is -0.858. The van der Waals surface area contributed by atoms with Gasteiger partial charge in [-0.2, -0.15) is 0 Å². The number of likely N-dealkylation sites (tertiary alicyclic amines) is 1. The molecule has 22 heavy (non-hydrogen) atoms. The van der Waals surface area contributed by atoms with Gasteiger partial charge >= 0.3 is 6.09 Å². The highest BCUT2D eigenvalue weighted by atomic mass is 35.5. The van der Waals surface area contributed by atoms with Crippen molar-refractivity contribution >= 4 is 35.0 Å². The van der Waals surface area contributed by atoms with E-state index in [2.05, 4.69) is 5.16 Å². The fourth-order valence-corrected chi connectivity index (χ4v) is 3.48. The minimum absolute atomic E-state index is 0.222. The van der Waals surface area contributed by atoms with Crippen LogP contribution in [0, 0.1) is 17.8 Å². The Bertz CT molecular complexity index is 623. The van der Waals surface area contributed by atoms with E-state index in [9.17, 15) is 4.79 Å². The molecular weight excluding hydrogens is 327 g/mol. The average molecular weight is 343 g/mol. The van der Waals surface area contributed by atoms with Gasteiger partial charge in [-0.1, -0.05) is 34.4 Å². The van der Waals surface area contributed by atoms with Crippen molar-refractivity contribution in [2.45, 2.75) is 6.92 Å². The van der Waals surface area contributed by atoms with Crippen molar-refractivity contribution in [1.29, 1.82) is 0 Å². The fraction of sp³-hybridized carbons (Fsp3) is 0.467. The van der Waals surface area contributed by atoms with Gasteiger partial charge in [0, 0.05) is 24.6 Å². The molecule has 0 bridgehead atoms. The predicted molar refractivity (Wildman–Crippen MR) is 84.7 cm³/mol. The molecule has 2 aliphatic rings. The molecule has 1 saturated carbocycles. The molecule has 0 radical (unpaired) electrons. The number of carbonyl (C=O) groups is 1. The van der Waals surface area contributed by atoms with E-state index in [1.807, 2.05) is 13.0 Å². The lowest BCUT2D eigenvalue weighted by atomic mass is 10.0. The van der Waals surface area contributed by atoms with E-state index in [1.54, 1.807) is 12.1 Å². The van der Waals surface area contributed by atoms with Crippen molar-refractivity contribution in [2.24, 2.45) is 22.9 Å². The number of carboxylic acid groups (broad SMARTS) is 1. The maximum Gasteiger partial charge on any atom is 0.407 e. The number of rotatable bonds is 4. The molecule has 1 amide bonds. The molecule has 7 heteroatoms. The monoisotopic (exact) mass is 342 g/mol. The SMILES string of the molecule is CCON=C(c1ccc(Cl)c(Cl)c1)C1C2CN(C(=O)O)CC21. The molecule has 1 aromatic rings. The summed E-state index contributed by atoms with van der Waals surface area (Å²) in [4.78, 5) is 17.7. The molecular formula is C15H16Cl2N2O3. The van der Waals surface area contributed by atoms with E-state index in [0.717, 1.165) is 11.3 Å². The zero-order valence-corrected chi connectivity index (χ0v) is 13.5. The van der Waals surface area contributed by atoms with E-state index < -0.39 is 6.09 Å². The van der Waals surface area contributed by atoms with E-state index in [4.69, 9.17) is 33.1 Å². The predicted octanol–water partition coefficient (Wildman–Crippen LogP) is 3.59. The average Bonchev–Trinajstić information content (AvgIpc) is 2.95. The van der Waals surface area contributed by atoms with Crippen LogP contribution >= 0.6 is 23.2 Å². The van der Waals surface area contributed by atoms with Crippen LogP contribution in [0.4, 0.5) is 4.79 Å². The van der Waals surface area contributed by atoms with Crippen molar-refractivity contribution in [3.63, 3.8) is 0 Å². The van der Waals surface area contributed by atoms with Gasteiger partial charge in [0.05, 0.1) is 15.8 Å². The van der Waals surface area contributed by atoms with Gasteiger partial charge in [-0.05, 0) is 30.9 Å². The Morgan fingerprint density at radius 3 is 2.59 bits per heavy atom. The second-order valence-corrected chi connectivity index (χ2v) is 6.38. The zero-order chi connectivity index (χ0) is 15.9. The van der Waals surface area contributed by atoms with E-state index in [-0.39, 0.29) is 5.92 Å². The van der Waals surface area contributed by atoms with Gasteiger partial charge in [0.1, 0.15) is 6.61 Å². The fourth-order valence-electron chi connectivity index (χ4n) is 3.18. The molecule has 1 aromatic carbocycles. The van der Waals surface area contributed by atoms with Crippen LogP contribution in [0.2, 0.25) is 10.0 Å². The second-order valence-electron chi connectivity index (χ2n) is 5.56. The molecule has 2 atom stereocenters. The van der Waals surface area contributed by atoms with E-state index >= 15 is 0 Å². The van der Waals surface area contributed by atoms with Crippen LogP contribution in [0.5, 0.6) is 0 Å². The third-order valence-corrected chi connectivity index (χ3v) is 5.03.